The summed E-state index contributed by atoms with van der Waals surface area (Å²) >= 11 is 0. The maximum absolute atomic E-state index is 10.3. The third-order valence-corrected chi connectivity index (χ3v) is 3.25. The summed E-state index contributed by atoms with van der Waals surface area (Å²) in [4.78, 5) is 0. The highest BCUT2D eigenvalue weighted by Crippen LogP contribution is 2.29. The average molecular weight is 255 g/mol. The van der Waals surface area contributed by atoms with Gasteiger partial charge in [-0.3, -0.25) is 0 Å². The van der Waals surface area contributed by atoms with Crippen molar-refractivity contribution in [3.05, 3.63) is 59.7 Å². The van der Waals surface area contributed by atoms with Gasteiger partial charge in [-0.25, -0.2) is 0 Å². The highest BCUT2D eigenvalue weighted by molar-refractivity contribution is 5.44. The van der Waals surface area contributed by atoms with Crippen molar-refractivity contribution in [1.82, 2.24) is 0 Å². The molecular formula is C16H17NO2. The summed E-state index contributed by atoms with van der Waals surface area (Å²) in [7, 11) is 0. The van der Waals surface area contributed by atoms with Crippen LogP contribution in [0.15, 0.2) is 48.5 Å². The van der Waals surface area contributed by atoms with Gasteiger partial charge in [0.15, 0.2) is 0 Å². The molecule has 0 spiro atoms. The number of aliphatic hydroxyl groups excluding tert-OH is 1. The minimum atomic E-state index is -0.654. The smallest absolute Gasteiger partial charge is 0.119 e. The van der Waals surface area contributed by atoms with Gasteiger partial charge in [-0.05, 0) is 48.2 Å². The summed E-state index contributed by atoms with van der Waals surface area (Å²) in [6, 6.07) is 14.9. The molecule has 0 heterocycles. The molecule has 0 aliphatic heterocycles. The summed E-state index contributed by atoms with van der Waals surface area (Å²) in [6.07, 6.45) is 2.03. The zero-order valence-corrected chi connectivity index (χ0v) is 10.6. The first-order valence-electron chi connectivity index (χ1n) is 6.52. The lowest BCUT2D eigenvalue weighted by molar-refractivity contribution is 0.220. The van der Waals surface area contributed by atoms with Crippen LogP contribution >= 0.6 is 0 Å². The second kappa shape index (κ2) is 4.94. The molecule has 1 atom stereocenters. The molecule has 98 valence electrons. The number of hydrogen-bond donors (Lipinski definition) is 2. The Kier molecular flexibility index (Phi) is 3.13. The van der Waals surface area contributed by atoms with E-state index in [1.807, 2.05) is 42.5 Å². The van der Waals surface area contributed by atoms with E-state index < -0.39 is 6.10 Å². The molecule has 19 heavy (non-hydrogen) atoms. The molecule has 0 radical (unpaired) electrons. The summed E-state index contributed by atoms with van der Waals surface area (Å²) in [5.41, 5.74) is 8.03. The molecule has 1 aliphatic rings. The van der Waals surface area contributed by atoms with Gasteiger partial charge < -0.3 is 15.6 Å². The molecule has 1 fully saturated rings. The largest absolute Gasteiger partial charge is 0.490 e. The highest BCUT2D eigenvalue weighted by Gasteiger charge is 2.23. The molecule has 0 amide bonds. The fraction of sp³-hybridized carbons (Fsp3) is 0.250. The molecular weight excluding hydrogens is 238 g/mol. The van der Waals surface area contributed by atoms with Crippen LogP contribution in [0.4, 0.5) is 5.69 Å². The van der Waals surface area contributed by atoms with Crippen LogP contribution in [0, 0.1) is 0 Å². The molecule has 0 saturated heterocycles. The Hall–Kier alpha value is -2.00. The summed E-state index contributed by atoms with van der Waals surface area (Å²) < 4.78 is 5.68. The van der Waals surface area contributed by atoms with Crippen molar-refractivity contribution in [3.63, 3.8) is 0 Å². The van der Waals surface area contributed by atoms with E-state index in [2.05, 4.69) is 0 Å². The third kappa shape index (κ3) is 2.88. The normalized spacial score (nSPS) is 16.1. The predicted molar refractivity (Wildman–Crippen MR) is 75.0 cm³/mol. The van der Waals surface area contributed by atoms with Gasteiger partial charge in [-0.2, -0.15) is 0 Å². The first-order chi connectivity index (χ1) is 9.22. The van der Waals surface area contributed by atoms with Gasteiger partial charge in [0.25, 0.3) is 0 Å². The van der Waals surface area contributed by atoms with Crippen molar-refractivity contribution in [1.29, 1.82) is 0 Å². The number of aliphatic hydroxyl groups is 1. The number of rotatable bonds is 4. The Morgan fingerprint density at radius 2 is 1.79 bits per heavy atom. The van der Waals surface area contributed by atoms with Crippen molar-refractivity contribution in [2.24, 2.45) is 0 Å². The average Bonchev–Trinajstić information content (AvgIpc) is 3.23. The summed E-state index contributed by atoms with van der Waals surface area (Å²) in [5, 5.41) is 10.3. The second-order valence-corrected chi connectivity index (χ2v) is 4.96. The number of anilines is 1. The quantitative estimate of drug-likeness (QED) is 0.826. The number of hydrogen-bond acceptors (Lipinski definition) is 3. The number of nitrogen functional groups attached to an aromatic ring is 1. The van der Waals surface area contributed by atoms with E-state index in [4.69, 9.17) is 10.5 Å². The molecule has 3 N–H and O–H groups in total. The molecule has 2 aromatic rings. The maximum Gasteiger partial charge on any atom is 0.119 e. The van der Waals surface area contributed by atoms with Crippen molar-refractivity contribution >= 4 is 5.69 Å². The van der Waals surface area contributed by atoms with Crippen LogP contribution in [0.1, 0.15) is 30.1 Å². The van der Waals surface area contributed by atoms with Gasteiger partial charge in [0.2, 0.25) is 0 Å². The molecule has 1 aliphatic carbocycles. The van der Waals surface area contributed by atoms with Crippen LogP contribution in [0.5, 0.6) is 5.75 Å². The molecule has 2 aromatic carbocycles. The maximum atomic E-state index is 10.3. The Labute approximate surface area is 112 Å². The zero-order chi connectivity index (χ0) is 13.2. The second-order valence-electron chi connectivity index (χ2n) is 4.96. The van der Waals surface area contributed by atoms with Crippen molar-refractivity contribution in [2.75, 3.05) is 5.73 Å². The summed E-state index contributed by atoms with van der Waals surface area (Å²) in [5.74, 6) is 0.867. The van der Waals surface area contributed by atoms with E-state index in [-0.39, 0.29) is 0 Å². The Bertz CT molecular complexity index is 561. The Morgan fingerprint density at radius 1 is 1.05 bits per heavy atom. The summed E-state index contributed by atoms with van der Waals surface area (Å²) in [6.45, 7) is 0. The molecule has 3 heteroatoms. The van der Waals surface area contributed by atoms with E-state index in [0.29, 0.717) is 11.8 Å². The van der Waals surface area contributed by atoms with Crippen LogP contribution in [0.25, 0.3) is 0 Å². The molecule has 0 aromatic heterocycles. The number of benzene rings is 2. The number of nitrogens with two attached hydrogens (primary N) is 1. The Morgan fingerprint density at radius 3 is 2.42 bits per heavy atom. The van der Waals surface area contributed by atoms with Gasteiger partial charge in [0.05, 0.1) is 6.10 Å². The van der Waals surface area contributed by atoms with E-state index in [0.717, 1.165) is 29.7 Å². The van der Waals surface area contributed by atoms with Gasteiger partial charge in [0.1, 0.15) is 11.9 Å². The van der Waals surface area contributed by atoms with E-state index in [1.54, 1.807) is 6.07 Å². The van der Waals surface area contributed by atoms with Crippen molar-refractivity contribution in [3.8, 4) is 5.75 Å². The van der Waals surface area contributed by atoms with Gasteiger partial charge in [-0.1, -0.05) is 24.3 Å². The molecule has 1 saturated carbocycles. The molecule has 0 bridgehead atoms. The third-order valence-electron chi connectivity index (χ3n) is 3.25. The lowest BCUT2D eigenvalue weighted by Gasteiger charge is -2.13. The lowest BCUT2D eigenvalue weighted by atomic mass is 10.0. The molecule has 1 unspecified atom stereocenters. The van der Waals surface area contributed by atoms with Gasteiger partial charge in [-0.15, -0.1) is 0 Å². The van der Waals surface area contributed by atoms with Crippen LogP contribution < -0.4 is 10.5 Å². The first kappa shape index (κ1) is 12.1. The fourth-order valence-electron chi connectivity index (χ4n) is 2.03. The Balaban J connectivity index is 1.77. The lowest BCUT2D eigenvalue weighted by Crippen LogP contribution is -2.01. The highest BCUT2D eigenvalue weighted by atomic mass is 16.5. The fourth-order valence-corrected chi connectivity index (χ4v) is 2.03. The first-order valence-corrected chi connectivity index (χ1v) is 6.52. The van der Waals surface area contributed by atoms with Gasteiger partial charge in [0, 0.05) is 5.69 Å². The number of ether oxygens (including phenoxy) is 1. The van der Waals surface area contributed by atoms with E-state index in [1.165, 1.54) is 0 Å². The molecule has 3 rings (SSSR count). The van der Waals surface area contributed by atoms with Crippen LogP contribution in [-0.2, 0) is 0 Å². The molecule has 3 nitrogen and oxygen atoms in total. The minimum absolute atomic E-state index is 0.393. The van der Waals surface area contributed by atoms with E-state index in [9.17, 15) is 5.11 Å². The monoisotopic (exact) mass is 255 g/mol. The van der Waals surface area contributed by atoms with Crippen LogP contribution in [0.2, 0.25) is 0 Å². The van der Waals surface area contributed by atoms with E-state index >= 15 is 0 Å². The zero-order valence-electron chi connectivity index (χ0n) is 10.6. The van der Waals surface area contributed by atoms with Gasteiger partial charge >= 0.3 is 0 Å². The SMILES string of the molecule is Nc1cccc(C(O)c2ccc(OC3CC3)cc2)c1. The van der Waals surface area contributed by atoms with Crippen molar-refractivity contribution < 1.29 is 9.84 Å². The topological polar surface area (TPSA) is 55.5 Å². The van der Waals surface area contributed by atoms with Crippen LogP contribution in [-0.4, -0.2) is 11.2 Å². The predicted octanol–water partition coefficient (Wildman–Crippen LogP) is 2.89. The minimum Gasteiger partial charge on any atom is -0.490 e. The standard InChI is InChI=1S/C16H17NO2/c17-13-3-1-2-12(10-13)16(18)11-4-6-14(7-5-11)19-15-8-9-15/h1-7,10,15-16,18H,8-9,17H2. The van der Waals surface area contributed by atoms with Crippen LogP contribution in [0.3, 0.4) is 0 Å². The van der Waals surface area contributed by atoms with Crippen molar-refractivity contribution in [2.45, 2.75) is 25.0 Å².